The largest absolute Gasteiger partial charge is 0.485 e. The number of halogens is 3. The van der Waals surface area contributed by atoms with Gasteiger partial charge < -0.3 is 20.2 Å². The number of aromatic nitrogens is 2. The first-order valence-electron chi connectivity index (χ1n) is 13.4. The summed E-state index contributed by atoms with van der Waals surface area (Å²) in [5.41, 5.74) is 0.573. The third-order valence-corrected chi connectivity index (χ3v) is 7.73. The van der Waals surface area contributed by atoms with Crippen LogP contribution in [0.4, 0.5) is 19.3 Å². The lowest BCUT2D eigenvalue weighted by molar-refractivity contribution is 0.0928. The lowest BCUT2D eigenvalue weighted by atomic mass is 9.85. The molecule has 2 amide bonds. The van der Waals surface area contributed by atoms with E-state index in [0.29, 0.717) is 16.8 Å². The number of pyridine rings is 1. The van der Waals surface area contributed by atoms with Crippen molar-refractivity contribution >= 4 is 47.2 Å². The van der Waals surface area contributed by atoms with Gasteiger partial charge in [0.05, 0.1) is 34.6 Å². The number of fused-ring (bicyclic) bond motifs is 2. The summed E-state index contributed by atoms with van der Waals surface area (Å²) in [5, 5.41) is 10.9. The van der Waals surface area contributed by atoms with Crippen LogP contribution in [0.25, 0.3) is 11.7 Å². The first kappa shape index (κ1) is 28.8. The number of nitrogens with zero attached hydrogens (tertiary/aromatic N) is 3. The number of rotatable bonds is 8. The molecule has 222 valence electrons. The molecule has 12 heteroatoms. The molecule has 3 heterocycles. The van der Waals surface area contributed by atoms with E-state index in [2.05, 4.69) is 23.5 Å². The average molecular weight is 616 g/mol. The second-order valence-corrected chi connectivity index (χ2v) is 10.6. The van der Waals surface area contributed by atoms with Gasteiger partial charge in [-0.25, -0.2) is 18.6 Å². The molecular weight excluding hydrogens is 592 g/mol. The van der Waals surface area contributed by atoms with E-state index in [0.717, 1.165) is 18.3 Å². The van der Waals surface area contributed by atoms with Gasteiger partial charge in [-0.1, -0.05) is 55.1 Å². The van der Waals surface area contributed by atoms with Crippen LogP contribution in [0.3, 0.4) is 0 Å². The monoisotopic (exact) mass is 615 g/mol. The van der Waals surface area contributed by atoms with Crippen LogP contribution < -0.4 is 15.0 Å². The van der Waals surface area contributed by atoms with Gasteiger partial charge in [-0.05, 0) is 35.9 Å². The van der Waals surface area contributed by atoms with Crippen LogP contribution in [0.15, 0.2) is 85.6 Å². The van der Waals surface area contributed by atoms with Gasteiger partial charge >= 0.3 is 6.09 Å². The first-order chi connectivity index (χ1) is 21.2. The summed E-state index contributed by atoms with van der Waals surface area (Å²) in [4.78, 5) is 32.9. The quantitative estimate of drug-likeness (QED) is 0.222. The zero-order valence-corrected chi connectivity index (χ0v) is 23.8. The fourth-order valence-corrected chi connectivity index (χ4v) is 5.36. The van der Waals surface area contributed by atoms with Crippen LogP contribution in [-0.2, 0) is 11.3 Å². The van der Waals surface area contributed by atoms with Crippen molar-refractivity contribution in [1.82, 2.24) is 14.7 Å². The molecule has 0 saturated carbocycles. The second-order valence-electron chi connectivity index (χ2n) is 10.1. The minimum absolute atomic E-state index is 0.0532. The van der Waals surface area contributed by atoms with E-state index in [4.69, 9.17) is 26.5 Å². The second kappa shape index (κ2) is 11.1. The highest BCUT2D eigenvalue weighted by atomic mass is 35.5. The van der Waals surface area contributed by atoms with Crippen LogP contribution in [0, 0.1) is 17.0 Å². The van der Waals surface area contributed by atoms with Crippen LogP contribution in [0.2, 0.25) is 5.02 Å². The number of ether oxygens (including phenoxy) is 2. The summed E-state index contributed by atoms with van der Waals surface area (Å²) in [6.45, 7) is 7.20. The summed E-state index contributed by atoms with van der Waals surface area (Å²) in [6, 6.07) is 11.4. The number of benzene rings is 2. The molecular formula is C32H24ClF2N5O4. The molecule has 2 N–H and O–H groups in total. The third-order valence-electron chi connectivity index (χ3n) is 7.52. The van der Waals surface area contributed by atoms with Gasteiger partial charge in [0.25, 0.3) is 5.91 Å². The van der Waals surface area contributed by atoms with E-state index in [9.17, 15) is 18.4 Å². The Morgan fingerprint density at radius 1 is 1.20 bits per heavy atom. The van der Waals surface area contributed by atoms with Gasteiger partial charge in [0.1, 0.15) is 23.9 Å². The van der Waals surface area contributed by atoms with E-state index in [1.165, 1.54) is 33.7 Å². The third kappa shape index (κ3) is 4.80. The minimum Gasteiger partial charge on any atom is -0.485 e. The molecule has 0 radical (unpaired) electrons. The van der Waals surface area contributed by atoms with Crippen molar-refractivity contribution in [1.29, 1.82) is 5.41 Å². The number of carbonyl (C=O) groups excluding carboxylic acids is 2. The SMILES string of the molecule is C=Cc1nc2c(OCc3c(F)cccc3F)cc(Cl)cn2c1C(=O)NC1CN(C(=O)OC2(C=N)C=CC2=C)c2ccccc21. The topological polar surface area (TPSA) is 109 Å². The Labute approximate surface area is 255 Å². The molecule has 2 atom stereocenters. The maximum atomic E-state index is 14.2. The lowest BCUT2D eigenvalue weighted by Gasteiger charge is -2.34. The number of anilines is 1. The average Bonchev–Trinajstić information content (AvgIpc) is 3.57. The first-order valence-corrected chi connectivity index (χ1v) is 13.7. The van der Waals surface area contributed by atoms with E-state index in [1.54, 1.807) is 36.4 Å². The van der Waals surface area contributed by atoms with Crippen molar-refractivity contribution in [3.05, 3.63) is 125 Å². The molecule has 44 heavy (non-hydrogen) atoms. The smallest absolute Gasteiger partial charge is 0.415 e. The molecule has 0 bridgehead atoms. The number of hydrogen-bond donors (Lipinski definition) is 2. The molecule has 0 spiro atoms. The van der Waals surface area contributed by atoms with Crippen molar-refractivity contribution < 1.29 is 27.8 Å². The summed E-state index contributed by atoms with van der Waals surface area (Å²) in [6.07, 6.45) is 6.38. The zero-order valence-electron chi connectivity index (χ0n) is 23.0. The van der Waals surface area contributed by atoms with Crippen LogP contribution in [0.5, 0.6) is 5.75 Å². The predicted octanol–water partition coefficient (Wildman–Crippen LogP) is 6.43. The van der Waals surface area contributed by atoms with E-state index >= 15 is 0 Å². The fraction of sp³-hybridized carbons (Fsp3) is 0.125. The Morgan fingerprint density at radius 2 is 1.95 bits per heavy atom. The lowest BCUT2D eigenvalue weighted by Crippen LogP contribution is -2.45. The van der Waals surface area contributed by atoms with Gasteiger partial charge in [0, 0.05) is 24.0 Å². The minimum atomic E-state index is -1.31. The maximum absolute atomic E-state index is 14.2. The zero-order chi connectivity index (χ0) is 31.2. The molecule has 9 nitrogen and oxygen atoms in total. The highest BCUT2D eigenvalue weighted by molar-refractivity contribution is 6.30. The van der Waals surface area contributed by atoms with Crippen LogP contribution in [0.1, 0.15) is 33.4 Å². The predicted molar refractivity (Wildman–Crippen MR) is 161 cm³/mol. The Morgan fingerprint density at radius 3 is 2.61 bits per heavy atom. The Hall–Kier alpha value is -5.29. The van der Waals surface area contributed by atoms with Gasteiger partial charge in [0.15, 0.2) is 17.0 Å². The van der Waals surface area contributed by atoms with E-state index in [1.807, 2.05) is 0 Å². The summed E-state index contributed by atoms with van der Waals surface area (Å²) >= 11 is 6.36. The molecule has 2 aliphatic rings. The van der Waals surface area contributed by atoms with Crippen molar-refractivity contribution in [2.45, 2.75) is 18.2 Å². The number of carbonyl (C=O) groups is 2. The molecule has 6 rings (SSSR count). The standard InChI is InChI=1S/C32H24ClF2N5O4/c1-3-24-28(40-14-19(33)13-27(29(40)37-24)43-16-21-22(34)8-6-9-23(21)35)30(41)38-25-15-39(26-10-5-4-7-20(25)26)31(42)44-32(17-36)12-11-18(32)2/h3-14,17,25,36H,1-2,15-16H2,(H,38,41). The molecule has 0 saturated heterocycles. The number of amides is 2. The highest BCUT2D eigenvalue weighted by Gasteiger charge is 2.42. The summed E-state index contributed by atoms with van der Waals surface area (Å²) in [5.74, 6) is -2.00. The summed E-state index contributed by atoms with van der Waals surface area (Å²) in [7, 11) is 0. The van der Waals surface area contributed by atoms with Gasteiger partial charge in [-0.2, -0.15) is 0 Å². The van der Waals surface area contributed by atoms with Crippen molar-refractivity contribution in [3.63, 3.8) is 0 Å². The molecule has 0 fully saturated rings. The van der Waals surface area contributed by atoms with Crippen LogP contribution in [-0.4, -0.2) is 39.7 Å². The molecule has 1 aliphatic heterocycles. The molecule has 2 aromatic carbocycles. The Kier molecular flexibility index (Phi) is 7.26. The normalized spacial score (nSPS) is 18.5. The Balaban J connectivity index is 1.28. The molecule has 2 aromatic heterocycles. The van der Waals surface area contributed by atoms with Crippen molar-refractivity contribution in [2.24, 2.45) is 0 Å². The number of hydrogen-bond acceptors (Lipinski definition) is 6. The fourth-order valence-electron chi connectivity index (χ4n) is 5.16. The van der Waals surface area contributed by atoms with E-state index in [-0.39, 0.29) is 39.9 Å². The number of nitrogens with one attached hydrogen (secondary N) is 2. The maximum Gasteiger partial charge on any atom is 0.415 e. The summed E-state index contributed by atoms with van der Waals surface area (Å²) < 4.78 is 41.2. The molecule has 1 aliphatic carbocycles. The number of para-hydroxylation sites is 1. The molecule has 4 aromatic rings. The van der Waals surface area contributed by atoms with Gasteiger partial charge in [0.2, 0.25) is 0 Å². The van der Waals surface area contributed by atoms with Gasteiger partial charge in [-0.15, -0.1) is 0 Å². The number of imidazole rings is 1. The van der Waals surface area contributed by atoms with Gasteiger partial charge in [-0.3, -0.25) is 14.1 Å². The molecule has 2 unspecified atom stereocenters. The van der Waals surface area contributed by atoms with Crippen LogP contribution >= 0.6 is 11.6 Å². The highest BCUT2D eigenvalue weighted by Crippen LogP contribution is 2.38. The van der Waals surface area contributed by atoms with Crippen molar-refractivity contribution in [3.8, 4) is 5.75 Å². The van der Waals surface area contributed by atoms with E-state index < -0.39 is 41.9 Å². The Bertz CT molecular complexity index is 1900. The van der Waals surface area contributed by atoms with Crippen molar-refractivity contribution in [2.75, 3.05) is 11.4 Å².